The van der Waals surface area contributed by atoms with Crippen LogP contribution in [0.3, 0.4) is 0 Å². The summed E-state index contributed by atoms with van der Waals surface area (Å²) in [6, 6.07) is 10.1. The van der Waals surface area contributed by atoms with Crippen LogP contribution in [-0.2, 0) is 23.2 Å². The molecule has 0 radical (unpaired) electrons. The van der Waals surface area contributed by atoms with Crippen LogP contribution in [0.4, 0.5) is 5.69 Å². The van der Waals surface area contributed by atoms with Crippen molar-refractivity contribution in [2.24, 2.45) is 0 Å². The van der Waals surface area contributed by atoms with Crippen LogP contribution in [0.5, 0.6) is 0 Å². The predicted octanol–water partition coefficient (Wildman–Crippen LogP) is 1.21. The molecule has 0 bridgehead atoms. The molecule has 1 spiro atoms. The van der Waals surface area contributed by atoms with E-state index in [0.29, 0.717) is 17.8 Å². The van der Waals surface area contributed by atoms with Crippen LogP contribution in [0.1, 0.15) is 40.0 Å². The molecular weight excluding hydrogens is 368 g/mol. The number of aliphatic hydroxyl groups excluding tert-OH is 1. The first-order valence-electron chi connectivity index (χ1n) is 10.1. The normalized spacial score (nSPS) is 20.0. The van der Waals surface area contributed by atoms with Crippen LogP contribution >= 0.6 is 0 Å². The Morgan fingerprint density at radius 2 is 2.10 bits per heavy atom. The van der Waals surface area contributed by atoms with E-state index in [1.165, 1.54) is 17.3 Å². The van der Waals surface area contributed by atoms with Gasteiger partial charge in [-0.1, -0.05) is 24.3 Å². The van der Waals surface area contributed by atoms with Crippen LogP contribution in [0.15, 0.2) is 36.5 Å². The van der Waals surface area contributed by atoms with Crippen molar-refractivity contribution in [2.45, 2.75) is 37.3 Å². The van der Waals surface area contributed by atoms with Gasteiger partial charge in [0, 0.05) is 32.4 Å². The third-order valence-corrected chi connectivity index (χ3v) is 6.21. The van der Waals surface area contributed by atoms with E-state index in [9.17, 15) is 14.7 Å². The molecule has 7 heteroatoms. The molecule has 1 fully saturated rings. The van der Waals surface area contributed by atoms with Crippen LogP contribution < -0.4 is 10.6 Å². The van der Waals surface area contributed by atoms with Gasteiger partial charge in [-0.25, -0.2) is 0 Å². The number of aliphatic hydroxyl groups is 1. The number of carbonyl (C=O) groups excluding carboxylic acids is 2. The maximum Gasteiger partial charge on any atom is 0.253 e. The molecule has 3 heterocycles. The summed E-state index contributed by atoms with van der Waals surface area (Å²) in [6.07, 6.45) is 3.47. The zero-order valence-electron chi connectivity index (χ0n) is 16.1. The molecule has 0 saturated heterocycles. The summed E-state index contributed by atoms with van der Waals surface area (Å²) in [7, 11) is 0. The molecule has 3 N–H and O–H groups in total. The molecule has 5 rings (SSSR count). The molecule has 7 nitrogen and oxygen atoms in total. The van der Waals surface area contributed by atoms with E-state index in [4.69, 9.17) is 0 Å². The number of β-amino-alcohol motifs (C(OH)–C–C–N with tert-alkyl or cyclic N) is 1. The molecule has 150 valence electrons. The van der Waals surface area contributed by atoms with Gasteiger partial charge in [0.25, 0.3) is 5.91 Å². The number of nitrogens with one attached hydrogen (secondary N) is 2. The molecule has 0 unspecified atom stereocenters. The number of anilines is 1. The van der Waals surface area contributed by atoms with Gasteiger partial charge >= 0.3 is 0 Å². The van der Waals surface area contributed by atoms with Gasteiger partial charge in [-0.05, 0) is 36.5 Å². The summed E-state index contributed by atoms with van der Waals surface area (Å²) in [5, 5.41) is 16.0. The second-order valence-electron chi connectivity index (χ2n) is 8.27. The van der Waals surface area contributed by atoms with E-state index in [1.54, 1.807) is 6.07 Å². The zero-order valence-corrected chi connectivity index (χ0v) is 16.1. The molecule has 29 heavy (non-hydrogen) atoms. The third kappa shape index (κ3) is 3.30. The molecule has 2 aromatic rings. The number of nitrogens with zero attached hydrogens (tertiary/aromatic N) is 2. The standard InChI is InChI=1S/C22H24N4O3/c27-17(13-26-8-5-14-3-1-2-4-15(14)12-26)11-24-20(28)16-9-18-19(23-10-16)22(6-7-22)21(29)25-18/h1-4,9-10,17,27H,5-8,11-13H2,(H,24,28)(H,25,29)/t17-/m0/s1. The number of fused-ring (bicyclic) bond motifs is 3. The minimum absolute atomic E-state index is 0.0175. The molecule has 3 aliphatic rings. The highest BCUT2D eigenvalue weighted by atomic mass is 16.3. The van der Waals surface area contributed by atoms with Crippen molar-refractivity contribution < 1.29 is 14.7 Å². The van der Waals surface area contributed by atoms with Gasteiger partial charge in [-0.15, -0.1) is 0 Å². The number of hydrogen-bond donors (Lipinski definition) is 3. The highest BCUT2D eigenvalue weighted by molar-refractivity contribution is 6.08. The highest BCUT2D eigenvalue weighted by Crippen LogP contribution is 2.54. The Kier molecular flexibility index (Phi) is 4.37. The van der Waals surface area contributed by atoms with Gasteiger partial charge in [0.15, 0.2) is 0 Å². The number of rotatable bonds is 5. The fraction of sp³-hybridized carbons (Fsp3) is 0.409. The Morgan fingerprint density at radius 1 is 1.31 bits per heavy atom. The zero-order chi connectivity index (χ0) is 20.0. The van der Waals surface area contributed by atoms with Crippen LogP contribution in [0, 0.1) is 0 Å². The topological polar surface area (TPSA) is 94.6 Å². The van der Waals surface area contributed by atoms with Crippen molar-refractivity contribution in [3.63, 3.8) is 0 Å². The minimum atomic E-state index is -0.652. The molecular formula is C22H24N4O3. The van der Waals surface area contributed by atoms with Crippen LogP contribution in [0.25, 0.3) is 0 Å². The molecule has 2 aliphatic heterocycles. The second-order valence-corrected chi connectivity index (χ2v) is 8.27. The highest BCUT2D eigenvalue weighted by Gasteiger charge is 2.57. The molecule has 1 atom stereocenters. The summed E-state index contributed by atoms with van der Waals surface area (Å²) in [6.45, 7) is 2.40. The molecule has 1 aromatic heterocycles. The number of hydrogen-bond acceptors (Lipinski definition) is 5. The van der Waals surface area contributed by atoms with Gasteiger partial charge in [0.1, 0.15) is 0 Å². The summed E-state index contributed by atoms with van der Waals surface area (Å²) >= 11 is 0. The van der Waals surface area contributed by atoms with Gasteiger partial charge in [0.2, 0.25) is 5.91 Å². The van der Waals surface area contributed by atoms with Crippen molar-refractivity contribution in [1.82, 2.24) is 15.2 Å². The number of carbonyl (C=O) groups is 2. The quantitative estimate of drug-likeness (QED) is 0.711. The summed E-state index contributed by atoms with van der Waals surface area (Å²) in [4.78, 5) is 31.1. The van der Waals surface area contributed by atoms with Crippen molar-refractivity contribution in [3.8, 4) is 0 Å². The van der Waals surface area contributed by atoms with Crippen molar-refractivity contribution in [3.05, 3.63) is 58.9 Å². The average molecular weight is 392 g/mol. The summed E-state index contributed by atoms with van der Waals surface area (Å²) in [5.41, 5.74) is 4.00. The van der Waals surface area contributed by atoms with E-state index in [-0.39, 0.29) is 18.4 Å². The van der Waals surface area contributed by atoms with E-state index in [2.05, 4.69) is 38.7 Å². The number of amides is 2. The fourth-order valence-electron chi connectivity index (χ4n) is 4.39. The fourth-order valence-corrected chi connectivity index (χ4v) is 4.39. The Bertz CT molecular complexity index is 986. The predicted molar refractivity (Wildman–Crippen MR) is 108 cm³/mol. The Morgan fingerprint density at radius 3 is 2.90 bits per heavy atom. The van der Waals surface area contributed by atoms with Gasteiger partial charge < -0.3 is 15.7 Å². The number of aromatic nitrogens is 1. The summed E-state index contributed by atoms with van der Waals surface area (Å²) < 4.78 is 0. The maximum atomic E-state index is 12.5. The van der Waals surface area contributed by atoms with Crippen molar-refractivity contribution in [2.75, 3.05) is 25.0 Å². The second kappa shape index (κ2) is 6.93. The lowest BCUT2D eigenvalue weighted by molar-refractivity contribution is -0.117. The van der Waals surface area contributed by atoms with E-state index < -0.39 is 11.5 Å². The number of benzene rings is 1. The SMILES string of the molecule is O=C(NC[C@H](O)CN1CCc2ccccc2C1)c1cnc2c(c1)NC(=O)C21CC1. The largest absolute Gasteiger partial charge is 0.390 e. The Hall–Kier alpha value is -2.77. The first-order chi connectivity index (χ1) is 14.0. The lowest BCUT2D eigenvalue weighted by Gasteiger charge is -2.30. The lowest BCUT2D eigenvalue weighted by Crippen LogP contribution is -2.42. The van der Waals surface area contributed by atoms with Crippen molar-refractivity contribution in [1.29, 1.82) is 0 Å². The van der Waals surface area contributed by atoms with Gasteiger partial charge in [-0.3, -0.25) is 19.5 Å². The third-order valence-electron chi connectivity index (χ3n) is 6.21. The molecule has 1 aliphatic carbocycles. The molecule has 1 saturated carbocycles. The average Bonchev–Trinajstić information content (AvgIpc) is 3.48. The molecule has 2 amide bonds. The van der Waals surface area contributed by atoms with E-state index in [0.717, 1.165) is 38.0 Å². The first-order valence-corrected chi connectivity index (χ1v) is 10.1. The Balaban J connectivity index is 1.16. The van der Waals surface area contributed by atoms with E-state index >= 15 is 0 Å². The van der Waals surface area contributed by atoms with Crippen LogP contribution in [-0.4, -0.2) is 52.5 Å². The van der Waals surface area contributed by atoms with Crippen LogP contribution in [0.2, 0.25) is 0 Å². The van der Waals surface area contributed by atoms with Gasteiger partial charge in [-0.2, -0.15) is 0 Å². The minimum Gasteiger partial charge on any atom is -0.390 e. The monoisotopic (exact) mass is 392 g/mol. The smallest absolute Gasteiger partial charge is 0.253 e. The van der Waals surface area contributed by atoms with Crippen molar-refractivity contribution >= 4 is 17.5 Å². The lowest BCUT2D eigenvalue weighted by atomic mass is 10.00. The first kappa shape index (κ1) is 18.3. The van der Waals surface area contributed by atoms with E-state index in [1.807, 2.05) is 6.07 Å². The Labute approximate surface area is 169 Å². The number of pyridine rings is 1. The summed E-state index contributed by atoms with van der Waals surface area (Å²) in [5.74, 6) is -0.314. The molecule has 1 aromatic carbocycles. The van der Waals surface area contributed by atoms with Gasteiger partial charge in [0.05, 0.1) is 28.5 Å². The maximum absolute atomic E-state index is 12.5.